The summed E-state index contributed by atoms with van der Waals surface area (Å²) in [5.74, 6) is 0.708. The van der Waals surface area contributed by atoms with Crippen molar-refractivity contribution in [2.75, 3.05) is 27.1 Å². The first-order valence-corrected chi connectivity index (χ1v) is 4.03. The number of ether oxygens (including phenoxy) is 3. The summed E-state index contributed by atoms with van der Waals surface area (Å²) < 4.78 is 15.1. The van der Waals surface area contributed by atoms with Crippen LogP contribution in [-0.2, 0) is 9.47 Å². The first-order chi connectivity index (χ1) is 6.43. The van der Waals surface area contributed by atoms with Crippen molar-refractivity contribution in [1.82, 2.24) is 4.98 Å². The molecule has 0 N–H and O–H groups in total. The second kappa shape index (κ2) is 6.39. The smallest absolute Gasteiger partial charge is 0.189 e. The molecule has 1 rings (SSSR count). The van der Waals surface area contributed by atoms with Crippen LogP contribution in [0.5, 0.6) is 5.75 Å². The first-order valence-electron chi connectivity index (χ1n) is 4.03. The maximum Gasteiger partial charge on any atom is 0.189 e. The van der Waals surface area contributed by atoms with E-state index in [1.54, 1.807) is 19.5 Å². The van der Waals surface area contributed by atoms with Gasteiger partial charge >= 0.3 is 0 Å². The summed E-state index contributed by atoms with van der Waals surface area (Å²) in [5, 5.41) is 0. The van der Waals surface area contributed by atoms with Gasteiger partial charge in [-0.1, -0.05) is 0 Å². The van der Waals surface area contributed by atoms with Crippen LogP contribution in [0.1, 0.15) is 0 Å². The third-order valence-corrected chi connectivity index (χ3v) is 1.38. The minimum atomic E-state index is 0.231. The molecule has 0 aliphatic rings. The first kappa shape index (κ1) is 9.95. The van der Waals surface area contributed by atoms with E-state index in [-0.39, 0.29) is 6.79 Å². The Labute approximate surface area is 77.5 Å². The highest BCUT2D eigenvalue weighted by atomic mass is 16.7. The predicted octanol–water partition coefficient (Wildman–Crippen LogP) is 1.08. The highest BCUT2D eigenvalue weighted by Gasteiger charge is 1.91. The summed E-state index contributed by atoms with van der Waals surface area (Å²) in [7, 11) is 1.63. The highest BCUT2D eigenvalue weighted by molar-refractivity contribution is 5.14. The zero-order valence-corrected chi connectivity index (χ0v) is 7.60. The summed E-state index contributed by atoms with van der Waals surface area (Å²) in [6, 6.07) is 3.64. The maximum absolute atomic E-state index is 5.21. The Bertz CT molecular complexity index is 215. The van der Waals surface area contributed by atoms with Crippen molar-refractivity contribution in [1.29, 1.82) is 0 Å². The lowest BCUT2D eigenvalue weighted by atomic mass is 10.5. The Kier molecular flexibility index (Phi) is 4.90. The average molecular weight is 183 g/mol. The molecule has 1 aromatic heterocycles. The second-order valence-corrected chi connectivity index (χ2v) is 2.35. The fourth-order valence-electron chi connectivity index (χ4n) is 0.743. The van der Waals surface area contributed by atoms with Crippen LogP contribution in [-0.4, -0.2) is 32.1 Å². The SMILES string of the molecule is COCCOCOc1cccnc1. The summed E-state index contributed by atoms with van der Waals surface area (Å²) in [5.41, 5.74) is 0. The van der Waals surface area contributed by atoms with Gasteiger partial charge in [-0.25, -0.2) is 0 Å². The van der Waals surface area contributed by atoms with E-state index in [2.05, 4.69) is 4.98 Å². The molecule has 0 atom stereocenters. The van der Waals surface area contributed by atoms with Crippen LogP contribution in [0.4, 0.5) is 0 Å². The third kappa shape index (κ3) is 4.45. The zero-order valence-electron chi connectivity index (χ0n) is 7.60. The van der Waals surface area contributed by atoms with Crippen molar-refractivity contribution in [3.8, 4) is 5.75 Å². The summed E-state index contributed by atoms with van der Waals surface area (Å²) in [4.78, 5) is 3.89. The highest BCUT2D eigenvalue weighted by Crippen LogP contribution is 2.05. The molecule has 1 heterocycles. The zero-order chi connectivity index (χ0) is 9.36. The fraction of sp³-hybridized carbons (Fsp3) is 0.444. The number of aromatic nitrogens is 1. The van der Waals surface area contributed by atoms with Gasteiger partial charge in [-0.2, -0.15) is 0 Å². The molecule has 0 spiro atoms. The molecule has 0 aliphatic carbocycles. The van der Waals surface area contributed by atoms with E-state index < -0.39 is 0 Å². The van der Waals surface area contributed by atoms with Gasteiger partial charge in [0.05, 0.1) is 19.4 Å². The molecule has 0 unspecified atom stereocenters. The number of nitrogens with zero attached hydrogens (tertiary/aromatic N) is 1. The van der Waals surface area contributed by atoms with Gasteiger partial charge in [0.25, 0.3) is 0 Å². The lowest BCUT2D eigenvalue weighted by Crippen LogP contribution is -2.07. The predicted molar refractivity (Wildman–Crippen MR) is 47.6 cm³/mol. The molecule has 0 fully saturated rings. The summed E-state index contributed by atoms with van der Waals surface area (Å²) >= 11 is 0. The van der Waals surface area contributed by atoms with Gasteiger partial charge in [0.15, 0.2) is 6.79 Å². The molecule has 0 bridgehead atoms. The van der Waals surface area contributed by atoms with Crippen molar-refractivity contribution < 1.29 is 14.2 Å². The molecule has 0 amide bonds. The molecule has 0 aliphatic heterocycles. The molecule has 72 valence electrons. The Morgan fingerprint density at radius 3 is 3.00 bits per heavy atom. The van der Waals surface area contributed by atoms with Gasteiger partial charge in [0, 0.05) is 13.3 Å². The molecule has 4 heteroatoms. The second-order valence-electron chi connectivity index (χ2n) is 2.35. The van der Waals surface area contributed by atoms with Crippen LogP contribution in [0.25, 0.3) is 0 Å². The number of rotatable bonds is 6. The number of hydrogen-bond donors (Lipinski definition) is 0. The Morgan fingerprint density at radius 2 is 2.31 bits per heavy atom. The van der Waals surface area contributed by atoms with Crippen molar-refractivity contribution in [2.45, 2.75) is 0 Å². The Balaban J connectivity index is 2.07. The van der Waals surface area contributed by atoms with Gasteiger partial charge in [-0.15, -0.1) is 0 Å². The van der Waals surface area contributed by atoms with E-state index in [1.165, 1.54) is 0 Å². The molecule has 0 saturated heterocycles. The summed E-state index contributed by atoms with van der Waals surface area (Å²) in [6.07, 6.45) is 3.33. The number of hydrogen-bond acceptors (Lipinski definition) is 4. The lowest BCUT2D eigenvalue weighted by molar-refractivity contribution is -0.00862. The van der Waals surface area contributed by atoms with E-state index in [9.17, 15) is 0 Å². The molecule has 4 nitrogen and oxygen atoms in total. The van der Waals surface area contributed by atoms with Crippen LogP contribution in [0.3, 0.4) is 0 Å². The maximum atomic E-state index is 5.21. The van der Waals surface area contributed by atoms with E-state index in [0.29, 0.717) is 19.0 Å². The topological polar surface area (TPSA) is 40.6 Å². The lowest BCUT2D eigenvalue weighted by Gasteiger charge is -2.05. The Morgan fingerprint density at radius 1 is 1.38 bits per heavy atom. The standard InChI is InChI=1S/C9H13NO3/c1-11-5-6-12-8-13-9-3-2-4-10-7-9/h2-4,7H,5-6,8H2,1H3. The normalized spacial score (nSPS) is 9.92. The van der Waals surface area contributed by atoms with Gasteiger partial charge in [-0.05, 0) is 12.1 Å². The van der Waals surface area contributed by atoms with Gasteiger partial charge in [-0.3, -0.25) is 4.98 Å². The fourth-order valence-corrected chi connectivity index (χ4v) is 0.743. The molecule has 0 aromatic carbocycles. The minimum Gasteiger partial charge on any atom is -0.466 e. The van der Waals surface area contributed by atoms with Crippen molar-refractivity contribution in [3.05, 3.63) is 24.5 Å². The third-order valence-electron chi connectivity index (χ3n) is 1.38. The Hall–Kier alpha value is -1.13. The van der Waals surface area contributed by atoms with Gasteiger partial charge < -0.3 is 14.2 Å². The largest absolute Gasteiger partial charge is 0.466 e. The number of pyridine rings is 1. The summed E-state index contributed by atoms with van der Waals surface area (Å²) in [6.45, 7) is 1.35. The molecule has 13 heavy (non-hydrogen) atoms. The number of methoxy groups -OCH3 is 1. The molecule has 1 aromatic rings. The molecular formula is C9H13NO3. The quantitative estimate of drug-likeness (QED) is 0.489. The van der Waals surface area contributed by atoms with Crippen LogP contribution < -0.4 is 4.74 Å². The van der Waals surface area contributed by atoms with Crippen LogP contribution in [0.15, 0.2) is 24.5 Å². The van der Waals surface area contributed by atoms with Gasteiger partial charge in [0.2, 0.25) is 0 Å². The van der Waals surface area contributed by atoms with E-state index in [1.807, 2.05) is 12.1 Å². The van der Waals surface area contributed by atoms with Crippen molar-refractivity contribution >= 4 is 0 Å². The minimum absolute atomic E-state index is 0.231. The molecule has 0 saturated carbocycles. The van der Waals surface area contributed by atoms with Gasteiger partial charge in [0.1, 0.15) is 5.75 Å². The van der Waals surface area contributed by atoms with E-state index >= 15 is 0 Å². The molecule has 0 radical (unpaired) electrons. The van der Waals surface area contributed by atoms with E-state index in [4.69, 9.17) is 14.2 Å². The van der Waals surface area contributed by atoms with Crippen LogP contribution >= 0.6 is 0 Å². The van der Waals surface area contributed by atoms with Crippen LogP contribution in [0.2, 0.25) is 0 Å². The molecular weight excluding hydrogens is 170 g/mol. The van der Waals surface area contributed by atoms with E-state index in [0.717, 1.165) is 0 Å². The monoisotopic (exact) mass is 183 g/mol. The van der Waals surface area contributed by atoms with Crippen LogP contribution in [0, 0.1) is 0 Å². The average Bonchev–Trinajstić information content (AvgIpc) is 2.19. The van der Waals surface area contributed by atoms with Crippen molar-refractivity contribution in [3.63, 3.8) is 0 Å². The van der Waals surface area contributed by atoms with Crippen molar-refractivity contribution in [2.24, 2.45) is 0 Å².